The molecule has 1 spiro atoms. The van der Waals surface area contributed by atoms with Crippen molar-refractivity contribution in [2.45, 2.75) is 62.7 Å². The number of esters is 1. The average Bonchev–Trinajstić information content (AvgIpc) is 3.83. The Hall–Kier alpha value is -4.40. The second kappa shape index (κ2) is 13.5. The number of rotatable bonds is 6. The van der Waals surface area contributed by atoms with Crippen LogP contribution in [0.3, 0.4) is 0 Å². The maximum Gasteiger partial charge on any atom is 0.306 e. The van der Waals surface area contributed by atoms with Crippen LogP contribution < -0.4 is 5.32 Å². The number of ether oxygens (including phenoxy) is 2. The maximum atomic E-state index is 15.0. The number of aromatic nitrogens is 3. The molecule has 13 nitrogen and oxygen atoms in total. The lowest BCUT2D eigenvalue weighted by atomic mass is 9.74. The molecule has 4 aliphatic rings. The van der Waals surface area contributed by atoms with Gasteiger partial charge in [0.1, 0.15) is 36.5 Å². The fourth-order valence-electron chi connectivity index (χ4n) is 7.56. The number of nitrogens with zero attached hydrogens (tertiary/aromatic N) is 5. The van der Waals surface area contributed by atoms with Gasteiger partial charge >= 0.3 is 5.97 Å². The summed E-state index contributed by atoms with van der Waals surface area (Å²) in [6.07, 6.45) is 5.36. The van der Waals surface area contributed by atoms with Crippen molar-refractivity contribution < 1.29 is 33.8 Å². The summed E-state index contributed by atoms with van der Waals surface area (Å²) >= 11 is 3.60. The molecule has 2 N–H and O–H groups in total. The molecule has 0 saturated carbocycles. The van der Waals surface area contributed by atoms with Crippen molar-refractivity contribution in [2.24, 2.45) is 11.8 Å². The second-order valence-electron chi connectivity index (χ2n) is 12.8. The topological polar surface area (TPSA) is 156 Å². The fraction of sp³-hybridized carbons (Fsp3) is 0.429. The van der Waals surface area contributed by atoms with Crippen LogP contribution in [0.25, 0.3) is 11.0 Å². The third-order valence-corrected chi connectivity index (χ3v) is 10.6. The summed E-state index contributed by atoms with van der Waals surface area (Å²) in [6.45, 7) is 1.47. The molecule has 4 aliphatic heterocycles. The Morgan fingerprint density at radius 2 is 1.84 bits per heavy atom. The molecule has 0 aliphatic carbocycles. The number of allylic oxidation sites excluding steroid dienone is 1. The molecule has 49 heavy (non-hydrogen) atoms. The lowest BCUT2D eigenvalue weighted by molar-refractivity contribution is -0.151. The number of aliphatic hydroxyl groups is 1. The SMILES string of the molecule is CC[C@@H](CO)N1C(=O)[C@@H]2[C@H]3C(=O)N[C@@H](c4ccccc4)COC(=O)CC/C=C\CN(Cn4nnc5ccccc54)C(=O)[C@@H]1[C@]21C=C(Br)[C@H]3O1. The van der Waals surface area contributed by atoms with Gasteiger partial charge in [0, 0.05) is 17.4 Å². The van der Waals surface area contributed by atoms with Crippen LogP contribution in [0.4, 0.5) is 0 Å². The molecule has 2 saturated heterocycles. The van der Waals surface area contributed by atoms with Crippen LogP contribution in [0.15, 0.2) is 77.3 Å². The second-order valence-corrected chi connectivity index (χ2v) is 13.7. The number of carbonyl (C=O) groups is 4. The average molecular weight is 734 g/mol. The molecule has 2 aromatic carbocycles. The molecule has 1 aromatic heterocycles. The van der Waals surface area contributed by atoms with E-state index in [-0.39, 0.29) is 32.8 Å². The normalized spacial score (nSPS) is 30.3. The molecular formula is C35H37BrN6O7. The number of likely N-dealkylation sites (tertiary alicyclic amines) is 1. The van der Waals surface area contributed by atoms with Crippen molar-refractivity contribution in [1.82, 2.24) is 30.1 Å². The number of benzene rings is 2. The summed E-state index contributed by atoms with van der Waals surface area (Å²) in [5.41, 5.74) is 0.611. The lowest BCUT2D eigenvalue weighted by Crippen LogP contribution is -2.58. The van der Waals surface area contributed by atoms with E-state index in [0.717, 1.165) is 5.56 Å². The summed E-state index contributed by atoms with van der Waals surface area (Å²) in [5, 5.41) is 22.1. The van der Waals surface area contributed by atoms with E-state index in [1.54, 1.807) is 27.8 Å². The Balaban J connectivity index is 1.32. The maximum absolute atomic E-state index is 15.0. The highest BCUT2D eigenvalue weighted by Gasteiger charge is 2.75. The zero-order chi connectivity index (χ0) is 34.3. The van der Waals surface area contributed by atoms with Crippen molar-refractivity contribution in [3.63, 3.8) is 0 Å². The zero-order valence-electron chi connectivity index (χ0n) is 26.9. The Labute approximate surface area is 291 Å². The summed E-state index contributed by atoms with van der Waals surface area (Å²) in [6, 6.07) is 14.0. The predicted octanol–water partition coefficient (Wildman–Crippen LogP) is 2.61. The third-order valence-electron chi connectivity index (χ3n) is 9.95. The van der Waals surface area contributed by atoms with Gasteiger partial charge in [0.15, 0.2) is 0 Å². The molecule has 0 radical (unpaired) electrons. The number of fused-ring (bicyclic) bond motifs is 3. The number of aliphatic hydroxyl groups excluding tert-OH is 1. The van der Waals surface area contributed by atoms with Gasteiger partial charge in [-0.2, -0.15) is 0 Å². The van der Waals surface area contributed by atoms with Gasteiger partial charge in [0.25, 0.3) is 5.91 Å². The minimum atomic E-state index is -1.49. The first kappa shape index (κ1) is 33.1. The van der Waals surface area contributed by atoms with Gasteiger partial charge < -0.3 is 29.7 Å². The van der Waals surface area contributed by atoms with Crippen LogP contribution in [0.2, 0.25) is 0 Å². The Morgan fingerprint density at radius 3 is 2.61 bits per heavy atom. The molecule has 2 fully saturated rings. The summed E-state index contributed by atoms with van der Waals surface area (Å²) in [5.74, 6) is -3.83. The quantitative estimate of drug-likeness (QED) is 0.287. The first-order valence-corrected chi connectivity index (χ1v) is 17.3. The smallest absolute Gasteiger partial charge is 0.306 e. The fourth-order valence-corrected chi connectivity index (χ4v) is 8.30. The largest absolute Gasteiger partial charge is 0.463 e. The summed E-state index contributed by atoms with van der Waals surface area (Å²) in [7, 11) is 0. The van der Waals surface area contributed by atoms with E-state index in [1.807, 2.05) is 61.5 Å². The number of cyclic esters (lactones) is 1. The molecule has 5 heterocycles. The molecule has 7 rings (SSSR count). The van der Waals surface area contributed by atoms with Crippen LogP contribution >= 0.6 is 15.9 Å². The van der Waals surface area contributed by atoms with Gasteiger partial charge in [-0.3, -0.25) is 19.2 Å². The van der Waals surface area contributed by atoms with Gasteiger partial charge in [-0.05, 0) is 36.6 Å². The Morgan fingerprint density at radius 1 is 1.06 bits per heavy atom. The molecular weight excluding hydrogens is 696 g/mol. The highest BCUT2D eigenvalue weighted by atomic mass is 79.9. The number of nitrogens with one attached hydrogen (secondary N) is 1. The van der Waals surface area contributed by atoms with E-state index in [1.165, 1.54) is 4.90 Å². The molecule has 3 aromatic rings. The highest BCUT2D eigenvalue weighted by molar-refractivity contribution is 9.11. The molecule has 256 valence electrons. The number of halogens is 1. The van der Waals surface area contributed by atoms with Crippen LogP contribution in [-0.4, -0.2) is 97.1 Å². The first-order chi connectivity index (χ1) is 23.8. The van der Waals surface area contributed by atoms with Crippen molar-refractivity contribution >= 4 is 50.7 Å². The van der Waals surface area contributed by atoms with Gasteiger partial charge in [-0.25, -0.2) is 4.68 Å². The van der Waals surface area contributed by atoms with E-state index in [4.69, 9.17) is 9.47 Å². The number of para-hydroxylation sites is 1. The van der Waals surface area contributed by atoms with E-state index in [9.17, 15) is 19.5 Å². The molecule has 5 bridgehead atoms. The number of amides is 3. The van der Waals surface area contributed by atoms with E-state index < -0.39 is 65.4 Å². The van der Waals surface area contributed by atoms with Crippen LogP contribution in [0.1, 0.15) is 37.8 Å². The minimum Gasteiger partial charge on any atom is -0.463 e. The number of hydrogen-bond acceptors (Lipinski definition) is 9. The summed E-state index contributed by atoms with van der Waals surface area (Å²) in [4.78, 5) is 59.7. The van der Waals surface area contributed by atoms with E-state index >= 15 is 4.79 Å². The molecule has 3 amide bonds. The third kappa shape index (κ3) is 5.75. The summed E-state index contributed by atoms with van der Waals surface area (Å²) < 4.78 is 14.4. The molecule has 14 heteroatoms. The number of hydrogen-bond donors (Lipinski definition) is 2. The van der Waals surface area contributed by atoms with Gasteiger partial charge in [-0.15, -0.1) is 5.10 Å². The standard InChI is InChI=1S/C35H37BrN6O7/c1-2-22(18-43)42-31-34(47)40(20-41-26-14-9-8-13-24(26)38-39-41)16-10-4-7-15-27(44)48-19-25(21-11-5-3-6-12-21)37-32(45)28-29(33(42)46)35(31)17-23(36)30(28)49-35/h3-6,8-14,17,22,25,28-31,43H,2,7,15-16,18-20H2,1H3,(H,37,45)/b10-4-/t22-,25+,28+,29-,30+,31+,35-/m0/s1. The van der Waals surface area contributed by atoms with Crippen molar-refractivity contribution in [1.29, 1.82) is 0 Å². The first-order valence-electron chi connectivity index (χ1n) is 16.5. The van der Waals surface area contributed by atoms with E-state index in [2.05, 4.69) is 31.6 Å². The van der Waals surface area contributed by atoms with Crippen molar-refractivity contribution in [3.8, 4) is 0 Å². The van der Waals surface area contributed by atoms with Gasteiger partial charge in [0.2, 0.25) is 11.8 Å². The van der Waals surface area contributed by atoms with Crippen molar-refractivity contribution in [2.75, 3.05) is 19.8 Å². The Bertz CT molecular complexity index is 1830. The highest BCUT2D eigenvalue weighted by Crippen LogP contribution is 2.59. The van der Waals surface area contributed by atoms with Crippen LogP contribution in [-0.2, 0) is 35.3 Å². The van der Waals surface area contributed by atoms with Gasteiger partial charge in [0.05, 0.1) is 36.0 Å². The van der Waals surface area contributed by atoms with Gasteiger partial charge in [-0.1, -0.05) is 82.7 Å². The number of carbonyl (C=O) groups excluding carboxylic acids is 4. The monoisotopic (exact) mass is 732 g/mol. The minimum absolute atomic E-state index is 0.00208. The predicted molar refractivity (Wildman–Crippen MR) is 179 cm³/mol. The lowest BCUT2D eigenvalue weighted by Gasteiger charge is -2.38. The zero-order valence-corrected chi connectivity index (χ0v) is 28.4. The van der Waals surface area contributed by atoms with Crippen LogP contribution in [0.5, 0.6) is 0 Å². The van der Waals surface area contributed by atoms with Crippen molar-refractivity contribution in [3.05, 3.63) is 82.9 Å². The van der Waals surface area contributed by atoms with Crippen LogP contribution in [0, 0.1) is 11.8 Å². The molecule has 7 atom stereocenters. The Kier molecular flexibility index (Phi) is 9.11. The molecule has 0 unspecified atom stereocenters. The van der Waals surface area contributed by atoms with E-state index in [0.29, 0.717) is 28.4 Å².